The van der Waals surface area contributed by atoms with E-state index in [1.807, 2.05) is 6.92 Å². The van der Waals surface area contributed by atoms with Crippen LogP contribution in [0.2, 0.25) is 0 Å². The summed E-state index contributed by atoms with van der Waals surface area (Å²) >= 11 is 0. The molecule has 0 aliphatic rings. The average molecular weight is 285 g/mol. The summed E-state index contributed by atoms with van der Waals surface area (Å²) in [5.74, 6) is 1.07. The van der Waals surface area contributed by atoms with Gasteiger partial charge in [0.1, 0.15) is 5.60 Å². The number of methoxy groups -OCH3 is 1. The summed E-state index contributed by atoms with van der Waals surface area (Å²) in [6.07, 6.45) is 3.23. The minimum atomic E-state index is -0.469. The third kappa shape index (κ3) is 4.01. The zero-order chi connectivity index (χ0) is 15.0. The molecule has 0 aromatic carbocycles. The Balaban J connectivity index is 2.78. The Morgan fingerprint density at radius 3 is 2.55 bits per heavy atom. The zero-order valence-electron chi connectivity index (χ0n) is 13.0. The van der Waals surface area contributed by atoms with Crippen LogP contribution < -0.4 is 5.73 Å². The molecule has 6 heteroatoms. The molecule has 0 spiro atoms. The monoisotopic (exact) mass is 285 g/mol. The third-order valence-corrected chi connectivity index (χ3v) is 3.59. The van der Waals surface area contributed by atoms with Crippen molar-refractivity contribution in [1.82, 2.24) is 10.1 Å². The molecular weight excluding hydrogens is 258 g/mol. The molecule has 0 aliphatic heterocycles. The highest BCUT2D eigenvalue weighted by atomic mass is 16.5. The number of rotatable bonds is 10. The summed E-state index contributed by atoms with van der Waals surface area (Å²) < 4.78 is 16.2. The molecular formula is C14H27N3O3. The molecule has 0 bridgehead atoms. The van der Waals surface area contributed by atoms with Crippen molar-refractivity contribution in [3.05, 3.63) is 11.7 Å². The van der Waals surface area contributed by atoms with Crippen molar-refractivity contribution in [3.8, 4) is 0 Å². The second kappa shape index (κ2) is 8.34. The highest BCUT2D eigenvalue weighted by molar-refractivity contribution is 5.02. The fourth-order valence-electron chi connectivity index (χ4n) is 2.25. The van der Waals surface area contributed by atoms with Crippen LogP contribution in [-0.4, -0.2) is 30.5 Å². The van der Waals surface area contributed by atoms with Gasteiger partial charge in [-0.1, -0.05) is 19.0 Å². The van der Waals surface area contributed by atoms with Gasteiger partial charge in [0, 0.05) is 20.3 Å². The van der Waals surface area contributed by atoms with Crippen molar-refractivity contribution in [1.29, 1.82) is 0 Å². The molecule has 20 heavy (non-hydrogen) atoms. The first-order valence-electron chi connectivity index (χ1n) is 7.36. The second-order valence-corrected chi connectivity index (χ2v) is 4.83. The Labute approximate surface area is 121 Å². The molecule has 0 radical (unpaired) electrons. The lowest BCUT2D eigenvalue weighted by atomic mass is 9.96. The molecule has 1 heterocycles. The summed E-state index contributed by atoms with van der Waals surface area (Å²) in [4.78, 5) is 4.45. The minimum Gasteiger partial charge on any atom is -0.385 e. The van der Waals surface area contributed by atoms with E-state index in [-0.39, 0.29) is 6.04 Å². The van der Waals surface area contributed by atoms with Crippen molar-refractivity contribution in [2.24, 2.45) is 5.73 Å². The van der Waals surface area contributed by atoms with Crippen molar-refractivity contribution < 1.29 is 14.0 Å². The Hall–Kier alpha value is -0.980. The van der Waals surface area contributed by atoms with Gasteiger partial charge in [0.15, 0.2) is 0 Å². The maximum Gasteiger partial charge on any atom is 0.243 e. The van der Waals surface area contributed by atoms with Gasteiger partial charge in [0.25, 0.3) is 0 Å². The van der Waals surface area contributed by atoms with Gasteiger partial charge >= 0.3 is 0 Å². The standard InChI is InChI=1S/C14H27N3O3/c1-5-14(6-2,19-7-3)13-16-12(20-17-13)11(15)9-8-10-18-4/h11H,5-10,15H2,1-4H3. The van der Waals surface area contributed by atoms with Crippen LogP contribution in [0.4, 0.5) is 0 Å². The van der Waals surface area contributed by atoms with Crippen molar-refractivity contribution >= 4 is 0 Å². The summed E-state index contributed by atoms with van der Waals surface area (Å²) in [7, 11) is 1.68. The van der Waals surface area contributed by atoms with Crippen LogP contribution in [0, 0.1) is 0 Å². The number of ether oxygens (including phenoxy) is 2. The topological polar surface area (TPSA) is 83.4 Å². The SMILES string of the molecule is CCOC(CC)(CC)c1noc(C(N)CCCOC)n1. The first kappa shape index (κ1) is 17.1. The highest BCUT2D eigenvalue weighted by Crippen LogP contribution is 2.31. The maximum atomic E-state index is 6.06. The molecule has 0 saturated heterocycles. The van der Waals surface area contributed by atoms with Gasteiger partial charge in [-0.15, -0.1) is 0 Å². The van der Waals surface area contributed by atoms with E-state index in [9.17, 15) is 0 Å². The van der Waals surface area contributed by atoms with Gasteiger partial charge in [-0.3, -0.25) is 0 Å². The van der Waals surface area contributed by atoms with Crippen LogP contribution in [-0.2, 0) is 15.1 Å². The lowest BCUT2D eigenvalue weighted by molar-refractivity contribution is -0.0583. The summed E-state index contributed by atoms with van der Waals surface area (Å²) in [5, 5.41) is 4.08. The van der Waals surface area contributed by atoms with Crippen molar-refractivity contribution in [2.75, 3.05) is 20.3 Å². The molecule has 0 amide bonds. The minimum absolute atomic E-state index is 0.251. The summed E-state index contributed by atoms with van der Waals surface area (Å²) in [5.41, 5.74) is 5.59. The van der Waals surface area contributed by atoms with Crippen LogP contribution in [0.25, 0.3) is 0 Å². The Bertz CT molecular complexity index is 377. The number of hydrogen-bond donors (Lipinski definition) is 1. The molecule has 116 valence electrons. The van der Waals surface area contributed by atoms with Gasteiger partial charge in [0.2, 0.25) is 11.7 Å². The first-order valence-corrected chi connectivity index (χ1v) is 7.36. The molecule has 0 saturated carbocycles. The predicted molar refractivity (Wildman–Crippen MR) is 76.2 cm³/mol. The quantitative estimate of drug-likeness (QED) is 0.665. The molecule has 1 aromatic heterocycles. The van der Waals surface area contributed by atoms with E-state index >= 15 is 0 Å². The van der Waals surface area contributed by atoms with Crippen LogP contribution in [0.3, 0.4) is 0 Å². The van der Waals surface area contributed by atoms with Crippen LogP contribution in [0.1, 0.15) is 64.2 Å². The first-order chi connectivity index (χ1) is 9.63. The molecule has 0 aliphatic carbocycles. The molecule has 1 unspecified atom stereocenters. The molecule has 1 aromatic rings. The Morgan fingerprint density at radius 2 is 2.00 bits per heavy atom. The van der Waals surface area contributed by atoms with Gasteiger partial charge in [-0.05, 0) is 32.6 Å². The van der Waals surface area contributed by atoms with Crippen LogP contribution in [0.15, 0.2) is 4.52 Å². The molecule has 6 nitrogen and oxygen atoms in total. The van der Waals surface area contributed by atoms with E-state index < -0.39 is 5.60 Å². The average Bonchev–Trinajstić information content (AvgIpc) is 2.95. The predicted octanol–water partition coefficient (Wildman–Crippen LogP) is 2.55. The van der Waals surface area contributed by atoms with E-state index in [1.165, 1.54) is 0 Å². The fraction of sp³-hybridized carbons (Fsp3) is 0.857. The Morgan fingerprint density at radius 1 is 1.30 bits per heavy atom. The van der Waals surface area contributed by atoms with Crippen molar-refractivity contribution in [3.63, 3.8) is 0 Å². The molecule has 1 atom stereocenters. The smallest absolute Gasteiger partial charge is 0.243 e. The van der Waals surface area contributed by atoms with Crippen LogP contribution in [0.5, 0.6) is 0 Å². The summed E-state index contributed by atoms with van der Waals surface area (Å²) in [6.45, 7) is 7.39. The van der Waals surface area contributed by atoms with E-state index in [0.717, 1.165) is 25.7 Å². The van der Waals surface area contributed by atoms with E-state index in [2.05, 4.69) is 24.0 Å². The largest absolute Gasteiger partial charge is 0.385 e. The zero-order valence-corrected chi connectivity index (χ0v) is 13.0. The number of aromatic nitrogens is 2. The number of nitrogens with zero attached hydrogens (tertiary/aromatic N) is 2. The normalized spacial score (nSPS) is 13.7. The lowest BCUT2D eigenvalue weighted by Gasteiger charge is -2.27. The number of hydrogen-bond acceptors (Lipinski definition) is 6. The van der Waals surface area contributed by atoms with Gasteiger partial charge in [-0.2, -0.15) is 4.98 Å². The summed E-state index contributed by atoms with van der Waals surface area (Å²) in [6, 6.07) is -0.251. The third-order valence-electron chi connectivity index (χ3n) is 3.59. The van der Waals surface area contributed by atoms with Crippen LogP contribution >= 0.6 is 0 Å². The highest BCUT2D eigenvalue weighted by Gasteiger charge is 2.35. The second-order valence-electron chi connectivity index (χ2n) is 4.83. The molecule has 0 fully saturated rings. The Kier molecular flexibility index (Phi) is 7.12. The van der Waals surface area contributed by atoms with Crippen molar-refractivity contribution in [2.45, 2.75) is 58.1 Å². The van der Waals surface area contributed by atoms with Gasteiger partial charge < -0.3 is 19.7 Å². The number of nitrogens with two attached hydrogens (primary N) is 1. The lowest BCUT2D eigenvalue weighted by Crippen LogP contribution is -2.30. The van der Waals surface area contributed by atoms with E-state index in [1.54, 1.807) is 7.11 Å². The van der Waals surface area contributed by atoms with E-state index in [0.29, 0.717) is 24.9 Å². The molecule has 2 N–H and O–H groups in total. The molecule has 1 rings (SSSR count). The van der Waals surface area contributed by atoms with Gasteiger partial charge in [0.05, 0.1) is 6.04 Å². The fourth-order valence-corrected chi connectivity index (χ4v) is 2.25. The van der Waals surface area contributed by atoms with E-state index in [4.69, 9.17) is 19.7 Å². The van der Waals surface area contributed by atoms with Gasteiger partial charge in [-0.25, -0.2) is 0 Å². The maximum absolute atomic E-state index is 6.06.